The second-order valence-corrected chi connectivity index (χ2v) is 8.25. The Morgan fingerprint density at radius 2 is 1.88 bits per heavy atom. The molecule has 4 rings (SSSR count). The topological polar surface area (TPSA) is 92.7 Å². The van der Waals surface area contributed by atoms with Gasteiger partial charge in [0.25, 0.3) is 11.8 Å². The summed E-state index contributed by atoms with van der Waals surface area (Å²) in [6.45, 7) is 2.87. The molecule has 1 aromatic heterocycles. The molecule has 1 fully saturated rings. The van der Waals surface area contributed by atoms with Crippen molar-refractivity contribution in [3.05, 3.63) is 71.4 Å². The summed E-state index contributed by atoms with van der Waals surface area (Å²) in [5, 5.41) is 6.25. The fraction of sp³-hybridized carbons (Fsp3) is 0.200. The molecule has 1 aliphatic rings. The first-order chi connectivity index (χ1) is 16.4. The van der Waals surface area contributed by atoms with Crippen molar-refractivity contribution in [3.63, 3.8) is 0 Å². The molecule has 0 unspecified atom stereocenters. The van der Waals surface area contributed by atoms with Gasteiger partial charge in [-0.25, -0.2) is 0 Å². The van der Waals surface area contributed by atoms with Gasteiger partial charge in [-0.2, -0.15) is 0 Å². The number of carbonyl (C=O) groups is 3. The zero-order chi connectivity index (χ0) is 24.2. The maximum absolute atomic E-state index is 13.3. The lowest BCUT2D eigenvalue weighted by Crippen LogP contribution is -2.54. The summed E-state index contributed by atoms with van der Waals surface area (Å²) in [4.78, 5) is 39.7. The molecule has 1 saturated heterocycles. The molecular weight excluding hydrogens is 452 g/mol. The largest absolute Gasteiger partial charge is 0.383 e. The highest BCUT2D eigenvalue weighted by Gasteiger charge is 2.34. The standard InChI is InChI=1S/C25H24N4O4S/c1-16-7-9-18(10-8-16)29-24(32)20(23(31)27-25(29)34)13-17-14-28(15-22(30)26-11-12-33-2)21-6-4-3-5-19(17)21/h3-10,13-14H,11-12,15H2,1-2H3,(H,26,30)(H,27,31,34)/b20-13+. The lowest BCUT2D eigenvalue weighted by atomic mass is 10.1. The molecule has 2 N–H and O–H groups in total. The summed E-state index contributed by atoms with van der Waals surface area (Å²) in [6, 6.07) is 14.8. The number of para-hydroxylation sites is 1. The van der Waals surface area contributed by atoms with Crippen LogP contribution in [0.3, 0.4) is 0 Å². The number of fused-ring (bicyclic) bond motifs is 1. The summed E-state index contributed by atoms with van der Waals surface area (Å²) >= 11 is 5.27. The number of benzene rings is 2. The van der Waals surface area contributed by atoms with E-state index in [0.717, 1.165) is 16.5 Å². The molecule has 2 heterocycles. The van der Waals surface area contributed by atoms with Gasteiger partial charge in [-0.15, -0.1) is 0 Å². The van der Waals surface area contributed by atoms with Gasteiger partial charge in [0.2, 0.25) is 5.91 Å². The SMILES string of the molecule is COCCNC(=O)Cn1cc(/C=C2\C(=O)NC(=S)N(c3ccc(C)cc3)C2=O)c2ccccc21. The van der Waals surface area contributed by atoms with E-state index in [1.807, 2.05) is 43.3 Å². The van der Waals surface area contributed by atoms with Gasteiger partial charge in [-0.05, 0) is 43.4 Å². The Bertz CT molecular complexity index is 1310. The number of methoxy groups -OCH3 is 1. The van der Waals surface area contributed by atoms with Crippen molar-refractivity contribution in [1.29, 1.82) is 0 Å². The molecule has 3 aromatic rings. The van der Waals surface area contributed by atoms with E-state index < -0.39 is 11.8 Å². The van der Waals surface area contributed by atoms with Gasteiger partial charge in [-0.3, -0.25) is 24.6 Å². The minimum absolute atomic E-state index is 0.0335. The quantitative estimate of drug-likeness (QED) is 0.237. The number of ether oxygens (including phenoxy) is 1. The van der Waals surface area contributed by atoms with Gasteiger partial charge < -0.3 is 14.6 Å². The number of nitrogens with one attached hydrogen (secondary N) is 2. The molecule has 0 bridgehead atoms. The maximum Gasteiger partial charge on any atom is 0.270 e. The number of carbonyl (C=O) groups excluding carboxylic acids is 3. The summed E-state index contributed by atoms with van der Waals surface area (Å²) in [5.74, 6) is -1.24. The molecule has 0 aliphatic carbocycles. The van der Waals surface area contributed by atoms with Crippen LogP contribution in [0, 0.1) is 6.92 Å². The van der Waals surface area contributed by atoms with Crippen molar-refractivity contribution in [2.45, 2.75) is 13.5 Å². The van der Waals surface area contributed by atoms with E-state index >= 15 is 0 Å². The van der Waals surface area contributed by atoms with Crippen molar-refractivity contribution in [2.24, 2.45) is 0 Å². The number of aryl methyl sites for hydroxylation is 1. The Labute approximate surface area is 202 Å². The van der Waals surface area contributed by atoms with Crippen LogP contribution in [0.5, 0.6) is 0 Å². The molecule has 1 aliphatic heterocycles. The van der Waals surface area contributed by atoms with Crippen LogP contribution >= 0.6 is 12.2 Å². The van der Waals surface area contributed by atoms with Crippen LogP contribution in [0.2, 0.25) is 0 Å². The van der Waals surface area contributed by atoms with Crippen molar-refractivity contribution >= 4 is 57.7 Å². The minimum atomic E-state index is -0.562. The summed E-state index contributed by atoms with van der Waals surface area (Å²) in [7, 11) is 1.57. The zero-order valence-corrected chi connectivity index (χ0v) is 19.6. The van der Waals surface area contributed by atoms with E-state index in [2.05, 4.69) is 10.6 Å². The van der Waals surface area contributed by atoms with E-state index in [1.165, 1.54) is 4.90 Å². The lowest BCUT2D eigenvalue weighted by molar-refractivity contribution is -0.123. The van der Waals surface area contributed by atoms with Crippen LogP contribution in [-0.4, -0.2) is 47.7 Å². The first-order valence-electron chi connectivity index (χ1n) is 10.7. The highest BCUT2D eigenvalue weighted by Crippen LogP contribution is 2.27. The number of amides is 3. The number of aromatic nitrogens is 1. The molecular formula is C25H24N4O4S. The summed E-state index contributed by atoms with van der Waals surface area (Å²) in [5.41, 5.74) is 3.03. The Hall–Kier alpha value is -3.82. The number of anilines is 1. The smallest absolute Gasteiger partial charge is 0.270 e. The molecule has 0 atom stereocenters. The fourth-order valence-corrected chi connectivity index (χ4v) is 4.05. The predicted octanol–water partition coefficient (Wildman–Crippen LogP) is 2.54. The Balaban J connectivity index is 1.69. The van der Waals surface area contributed by atoms with Gasteiger partial charge in [0.1, 0.15) is 12.1 Å². The third kappa shape index (κ3) is 4.75. The van der Waals surface area contributed by atoms with Gasteiger partial charge in [0.05, 0.1) is 12.3 Å². The third-order valence-corrected chi connectivity index (χ3v) is 5.74. The van der Waals surface area contributed by atoms with E-state index in [-0.39, 0.29) is 23.1 Å². The maximum atomic E-state index is 13.3. The van der Waals surface area contributed by atoms with Gasteiger partial charge in [0.15, 0.2) is 5.11 Å². The summed E-state index contributed by atoms with van der Waals surface area (Å²) < 4.78 is 6.75. The second kappa shape index (κ2) is 9.98. The highest BCUT2D eigenvalue weighted by atomic mass is 32.1. The molecule has 0 spiro atoms. The number of nitrogens with zero attached hydrogens (tertiary/aromatic N) is 2. The number of hydrogen-bond acceptors (Lipinski definition) is 5. The second-order valence-electron chi connectivity index (χ2n) is 7.87. The van der Waals surface area contributed by atoms with Gasteiger partial charge >= 0.3 is 0 Å². The molecule has 2 aromatic carbocycles. The Morgan fingerprint density at radius 3 is 2.62 bits per heavy atom. The number of rotatable bonds is 7. The van der Waals surface area contributed by atoms with Crippen LogP contribution in [-0.2, 0) is 25.7 Å². The van der Waals surface area contributed by atoms with Gasteiger partial charge in [-0.1, -0.05) is 35.9 Å². The van der Waals surface area contributed by atoms with Crippen LogP contribution in [0.4, 0.5) is 5.69 Å². The molecule has 0 saturated carbocycles. The van der Waals surface area contributed by atoms with Crippen molar-refractivity contribution in [1.82, 2.24) is 15.2 Å². The van der Waals surface area contributed by atoms with E-state index in [1.54, 1.807) is 36.1 Å². The average molecular weight is 477 g/mol. The van der Waals surface area contributed by atoms with E-state index in [0.29, 0.717) is 24.4 Å². The van der Waals surface area contributed by atoms with Crippen LogP contribution in [0.25, 0.3) is 17.0 Å². The number of thiocarbonyl (C=S) groups is 1. The Morgan fingerprint density at radius 1 is 1.15 bits per heavy atom. The first kappa shape index (κ1) is 23.3. The van der Waals surface area contributed by atoms with Crippen LogP contribution < -0.4 is 15.5 Å². The van der Waals surface area contributed by atoms with Gasteiger partial charge in [0, 0.05) is 36.3 Å². The molecule has 8 nitrogen and oxygen atoms in total. The monoisotopic (exact) mass is 476 g/mol. The van der Waals surface area contributed by atoms with Crippen molar-refractivity contribution in [2.75, 3.05) is 25.2 Å². The molecule has 3 amide bonds. The normalized spacial score (nSPS) is 15.2. The van der Waals surface area contributed by atoms with Crippen LogP contribution in [0.1, 0.15) is 11.1 Å². The molecule has 34 heavy (non-hydrogen) atoms. The number of hydrogen-bond donors (Lipinski definition) is 2. The lowest BCUT2D eigenvalue weighted by Gasteiger charge is -2.29. The van der Waals surface area contributed by atoms with Crippen LogP contribution in [0.15, 0.2) is 60.3 Å². The highest BCUT2D eigenvalue weighted by molar-refractivity contribution is 7.80. The fourth-order valence-electron chi connectivity index (χ4n) is 3.77. The summed E-state index contributed by atoms with van der Waals surface area (Å²) in [6.07, 6.45) is 3.31. The third-order valence-electron chi connectivity index (χ3n) is 5.46. The molecule has 0 radical (unpaired) electrons. The molecule has 174 valence electrons. The van der Waals surface area contributed by atoms with E-state index in [4.69, 9.17) is 17.0 Å². The Kier molecular flexibility index (Phi) is 6.85. The van der Waals surface area contributed by atoms with Crippen molar-refractivity contribution < 1.29 is 19.1 Å². The molecule has 9 heteroatoms. The first-order valence-corrected chi connectivity index (χ1v) is 11.1. The average Bonchev–Trinajstić information content (AvgIpc) is 3.15. The van der Waals surface area contributed by atoms with Crippen molar-refractivity contribution in [3.8, 4) is 0 Å². The predicted molar refractivity (Wildman–Crippen MR) is 134 cm³/mol. The zero-order valence-electron chi connectivity index (χ0n) is 18.8. The minimum Gasteiger partial charge on any atom is -0.383 e. The van der Waals surface area contributed by atoms with E-state index in [9.17, 15) is 14.4 Å².